The summed E-state index contributed by atoms with van der Waals surface area (Å²) in [6, 6.07) is 12.1. The van der Waals surface area contributed by atoms with Crippen LogP contribution in [-0.2, 0) is 6.54 Å². The molecule has 0 spiro atoms. The molecule has 0 aromatic heterocycles. The smallest absolute Gasteiger partial charge is 0.323 e. The highest BCUT2D eigenvalue weighted by atomic mass is 16.5. The Morgan fingerprint density at radius 3 is 2.23 bits per heavy atom. The number of carbonyl (C=O) groups is 1. The van der Waals surface area contributed by atoms with Crippen LogP contribution in [0, 0.1) is 0 Å². The summed E-state index contributed by atoms with van der Waals surface area (Å²) in [7, 11) is 3.11. The minimum atomic E-state index is -0.357. The highest BCUT2D eigenvalue weighted by Gasteiger charge is 2.06. The quantitative estimate of drug-likeness (QED) is 0.792. The molecule has 0 fully saturated rings. The number of methoxy groups -OCH3 is 2. The summed E-state index contributed by atoms with van der Waals surface area (Å²) in [4.78, 5) is 12.0. The normalized spacial score (nSPS) is 9.95. The first-order chi connectivity index (χ1) is 10.6. The van der Waals surface area contributed by atoms with Crippen LogP contribution in [0.3, 0.4) is 0 Å². The SMILES string of the molecule is COc1cc(NC(=O)Nc2cccc(CN)c2)cc(OC)c1. The standard InChI is InChI=1S/C16H19N3O3/c1-21-14-7-13(8-15(9-14)22-2)19-16(20)18-12-5-3-4-11(6-12)10-17/h3-9H,10,17H2,1-2H3,(H2,18,19,20). The first kappa shape index (κ1) is 15.7. The van der Waals surface area contributed by atoms with Crippen molar-refractivity contribution in [3.05, 3.63) is 48.0 Å². The molecule has 0 unspecified atom stereocenters. The van der Waals surface area contributed by atoms with Gasteiger partial charge < -0.3 is 25.8 Å². The number of carbonyl (C=O) groups excluding carboxylic acids is 1. The van der Waals surface area contributed by atoms with Crippen LogP contribution in [0.4, 0.5) is 16.2 Å². The average Bonchev–Trinajstić information content (AvgIpc) is 2.54. The van der Waals surface area contributed by atoms with Crippen LogP contribution in [0.15, 0.2) is 42.5 Å². The molecule has 116 valence electrons. The average molecular weight is 301 g/mol. The van der Waals surface area contributed by atoms with Crippen molar-refractivity contribution in [2.24, 2.45) is 5.73 Å². The second-order valence-corrected chi connectivity index (χ2v) is 4.58. The van der Waals surface area contributed by atoms with Gasteiger partial charge >= 0.3 is 6.03 Å². The van der Waals surface area contributed by atoms with Crippen molar-refractivity contribution in [1.29, 1.82) is 0 Å². The maximum atomic E-state index is 12.0. The summed E-state index contributed by atoms with van der Waals surface area (Å²) in [5.74, 6) is 1.19. The first-order valence-corrected chi connectivity index (χ1v) is 6.74. The van der Waals surface area contributed by atoms with Crippen molar-refractivity contribution in [2.45, 2.75) is 6.54 Å². The van der Waals surface area contributed by atoms with Gasteiger partial charge in [-0.25, -0.2) is 4.79 Å². The molecule has 2 rings (SSSR count). The van der Waals surface area contributed by atoms with Crippen molar-refractivity contribution in [3.63, 3.8) is 0 Å². The van der Waals surface area contributed by atoms with E-state index < -0.39 is 0 Å². The maximum Gasteiger partial charge on any atom is 0.323 e. The van der Waals surface area contributed by atoms with Gasteiger partial charge in [0.05, 0.1) is 14.2 Å². The largest absolute Gasteiger partial charge is 0.497 e. The van der Waals surface area contributed by atoms with Gasteiger partial charge in [-0.15, -0.1) is 0 Å². The monoisotopic (exact) mass is 301 g/mol. The van der Waals surface area contributed by atoms with Crippen LogP contribution in [0.25, 0.3) is 0 Å². The zero-order chi connectivity index (χ0) is 15.9. The van der Waals surface area contributed by atoms with Gasteiger partial charge in [0.15, 0.2) is 0 Å². The van der Waals surface area contributed by atoms with E-state index in [1.165, 1.54) is 0 Å². The van der Waals surface area contributed by atoms with E-state index in [0.717, 1.165) is 5.56 Å². The Balaban J connectivity index is 2.08. The number of benzene rings is 2. The fourth-order valence-corrected chi connectivity index (χ4v) is 1.95. The lowest BCUT2D eigenvalue weighted by Crippen LogP contribution is -2.19. The molecule has 2 aromatic carbocycles. The molecule has 2 amide bonds. The molecular weight excluding hydrogens is 282 g/mol. The van der Waals surface area contributed by atoms with Gasteiger partial charge in [0, 0.05) is 36.1 Å². The van der Waals surface area contributed by atoms with E-state index in [1.807, 2.05) is 18.2 Å². The van der Waals surface area contributed by atoms with Crippen LogP contribution in [0.2, 0.25) is 0 Å². The molecule has 2 aromatic rings. The molecule has 6 heteroatoms. The molecule has 0 bridgehead atoms. The van der Waals surface area contributed by atoms with Crippen molar-refractivity contribution in [2.75, 3.05) is 24.9 Å². The molecule has 0 aliphatic heterocycles. The van der Waals surface area contributed by atoms with E-state index in [0.29, 0.717) is 29.4 Å². The number of urea groups is 1. The molecule has 22 heavy (non-hydrogen) atoms. The zero-order valence-corrected chi connectivity index (χ0v) is 12.6. The van der Waals surface area contributed by atoms with Crippen LogP contribution in [0.1, 0.15) is 5.56 Å². The zero-order valence-electron chi connectivity index (χ0n) is 12.6. The second kappa shape index (κ2) is 7.33. The lowest BCUT2D eigenvalue weighted by Gasteiger charge is -2.11. The van der Waals surface area contributed by atoms with E-state index in [4.69, 9.17) is 15.2 Å². The lowest BCUT2D eigenvalue weighted by atomic mass is 10.2. The highest BCUT2D eigenvalue weighted by molar-refractivity contribution is 6.00. The van der Waals surface area contributed by atoms with Crippen molar-refractivity contribution in [1.82, 2.24) is 0 Å². The third-order valence-electron chi connectivity index (χ3n) is 3.03. The summed E-state index contributed by atoms with van der Waals surface area (Å²) in [5, 5.41) is 5.49. The van der Waals surface area contributed by atoms with Gasteiger partial charge in [0.2, 0.25) is 0 Å². The Morgan fingerprint density at radius 2 is 1.64 bits per heavy atom. The predicted molar refractivity (Wildman–Crippen MR) is 86.5 cm³/mol. The fourth-order valence-electron chi connectivity index (χ4n) is 1.95. The van der Waals surface area contributed by atoms with Crippen LogP contribution in [0.5, 0.6) is 11.5 Å². The molecule has 0 aliphatic rings. The molecule has 0 heterocycles. The Kier molecular flexibility index (Phi) is 5.21. The topological polar surface area (TPSA) is 85.6 Å². The fraction of sp³-hybridized carbons (Fsp3) is 0.188. The molecule has 0 radical (unpaired) electrons. The Morgan fingerprint density at radius 1 is 1.00 bits per heavy atom. The number of hydrogen-bond donors (Lipinski definition) is 3. The number of anilines is 2. The van der Waals surface area contributed by atoms with Gasteiger partial charge in [0.25, 0.3) is 0 Å². The van der Waals surface area contributed by atoms with E-state index >= 15 is 0 Å². The maximum absolute atomic E-state index is 12.0. The second-order valence-electron chi connectivity index (χ2n) is 4.58. The molecule has 0 saturated heterocycles. The third-order valence-corrected chi connectivity index (χ3v) is 3.03. The highest BCUT2D eigenvalue weighted by Crippen LogP contribution is 2.25. The molecule has 0 saturated carbocycles. The number of ether oxygens (including phenoxy) is 2. The number of nitrogens with one attached hydrogen (secondary N) is 2. The lowest BCUT2D eigenvalue weighted by molar-refractivity contribution is 0.262. The number of hydrogen-bond acceptors (Lipinski definition) is 4. The van der Waals surface area contributed by atoms with E-state index in [2.05, 4.69) is 10.6 Å². The minimum Gasteiger partial charge on any atom is -0.497 e. The van der Waals surface area contributed by atoms with Gasteiger partial charge in [-0.2, -0.15) is 0 Å². The molecule has 6 nitrogen and oxygen atoms in total. The summed E-state index contributed by atoms with van der Waals surface area (Å²) in [6.07, 6.45) is 0. The first-order valence-electron chi connectivity index (χ1n) is 6.74. The third kappa shape index (κ3) is 4.13. The van der Waals surface area contributed by atoms with Gasteiger partial charge in [-0.3, -0.25) is 0 Å². The number of nitrogens with two attached hydrogens (primary N) is 1. The summed E-state index contributed by atoms with van der Waals surface area (Å²) in [6.45, 7) is 0.421. The predicted octanol–water partition coefficient (Wildman–Crippen LogP) is 2.81. The molecule has 4 N–H and O–H groups in total. The number of rotatable bonds is 5. The van der Waals surface area contributed by atoms with Crippen LogP contribution in [-0.4, -0.2) is 20.3 Å². The molecule has 0 atom stereocenters. The van der Waals surface area contributed by atoms with Crippen molar-refractivity contribution < 1.29 is 14.3 Å². The Hall–Kier alpha value is -2.73. The Labute approximate surface area is 129 Å². The van der Waals surface area contributed by atoms with E-state index in [1.54, 1.807) is 38.5 Å². The summed E-state index contributed by atoms with van der Waals surface area (Å²) >= 11 is 0. The molecular formula is C16H19N3O3. The van der Waals surface area contributed by atoms with Gasteiger partial charge in [-0.05, 0) is 17.7 Å². The van der Waals surface area contributed by atoms with E-state index in [-0.39, 0.29) is 6.03 Å². The van der Waals surface area contributed by atoms with Gasteiger partial charge in [0.1, 0.15) is 11.5 Å². The Bertz CT molecular complexity index is 637. The van der Waals surface area contributed by atoms with E-state index in [9.17, 15) is 4.79 Å². The molecule has 0 aliphatic carbocycles. The van der Waals surface area contributed by atoms with Gasteiger partial charge in [-0.1, -0.05) is 12.1 Å². The van der Waals surface area contributed by atoms with Crippen LogP contribution >= 0.6 is 0 Å². The van der Waals surface area contributed by atoms with Crippen molar-refractivity contribution in [3.8, 4) is 11.5 Å². The minimum absolute atomic E-state index is 0.357. The van der Waals surface area contributed by atoms with Crippen LogP contribution < -0.4 is 25.8 Å². The summed E-state index contributed by atoms with van der Waals surface area (Å²) < 4.78 is 10.3. The number of amides is 2. The van der Waals surface area contributed by atoms with Crippen molar-refractivity contribution >= 4 is 17.4 Å². The summed E-state index contributed by atoms with van der Waals surface area (Å²) in [5.41, 5.74) is 7.78.